The lowest BCUT2D eigenvalue weighted by Crippen LogP contribution is -2.60. The fourth-order valence-electron chi connectivity index (χ4n) is 3.33. The van der Waals surface area contributed by atoms with Crippen LogP contribution < -0.4 is 4.74 Å². The Kier molecular flexibility index (Phi) is 7.06. The van der Waals surface area contributed by atoms with Crippen molar-refractivity contribution in [3.8, 4) is 5.75 Å². The number of aliphatic carboxylic acids is 1. The second-order valence-electron chi connectivity index (χ2n) is 7.52. The van der Waals surface area contributed by atoms with Gasteiger partial charge >= 0.3 is 12.1 Å². The number of carbonyl (C=O) groups is 1. The molecular formula is C20H21F3N2O5S2. The average Bonchev–Trinajstić information content (AvgIpc) is 3.12. The molecular weight excluding hydrogens is 469 g/mol. The number of sulfonamides is 1. The zero-order chi connectivity index (χ0) is 23.6. The predicted molar refractivity (Wildman–Crippen MR) is 112 cm³/mol. The minimum atomic E-state index is -5.08. The Labute approximate surface area is 187 Å². The number of alkyl halides is 3. The molecule has 7 nitrogen and oxygen atoms in total. The zero-order valence-corrected chi connectivity index (χ0v) is 18.6. The number of aromatic nitrogens is 1. The Hall–Kier alpha value is -2.31. The van der Waals surface area contributed by atoms with Crippen molar-refractivity contribution in [2.45, 2.75) is 35.3 Å². The summed E-state index contributed by atoms with van der Waals surface area (Å²) in [6.45, 7) is 3.06. The van der Waals surface area contributed by atoms with Crippen LogP contribution in [0, 0.1) is 6.92 Å². The van der Waals surface area contributed by atoms with Gasteiger partial charge in [-0.25, -0.2) is 13.2 Å². The molecule has 174 valence electrons. The van der Waals surface area contributed by atoms with E-state index in [0.717, 1.165) is 23.5 Å². The van der Waals surface area contributed by atoms with Crippen LogP contribution in [0.2, 0.25) is 0 Å². The molecule has 0 saturated carbocycles. The lowest BCUT2D eigenvalue weighted by molar-refractivity contribution is -0.192. The second-order valence-corrected chi connectivity index (χ2v) is 10.9. The third kappa shape index (κ3) is 5.73. The molecule has 1 unspecified atom stereocenters. The Morgan fingerprint density at radius 2 is 1.88 bits per heavy atom. The summed E-state index contributed by atoms with van der Waals surface area (Å²) in [6.07, 6.45) is -0.674. The fraction of sp³-hybridized carbons (Fsp3) is 0.400. The number of hydrogen-bond donors (Lipinski definition) is 1. The molecule has 2 aromatic rings. The van der Waals surface area contributed by atoms with Crippen LogP contribution in [0.3, 0.4) is 0 Å². The number of halogens is 3. The van der Waals surface area contributed by atoms with Crippen LogP contribution in [-0.4, -0.2) is 64.7 Å². The number of thioether (sulfide) groups is 1. The van der Waals surface area contributed by atoms with Crippen molar-refractivity contribution in [3.05, 3.63) is 54.4 Å². The van der Waals surface area contributed by atoms with E-state index >= 15 is 0 Å². The minimum Gasteiger partial charge on any atom is -0.488 e. The SMILES string of the molecule is Cc1ccc(S(=O)(=O)N2CC3(CC(Oc4cccnc4)CS3)C2)cc1.O=C(O)C(F)(F)F. The van der Waals surface area contributed by atoms with E-state index in [2.05, 4.69) is 4.98 Å². The van der Waals surface area contributed by atoms with E-state index < -0.39 is 22.2 Å². The summed E-state index contributed by atoms with van der Waals surface area (Å²) < 4.78 is 64.7. The molecule has 2 aliphatic rings. The van der Waals surface area contributed by atoms with Gasteiger partial charge in [0, 0.05) is 36.2 Å². The summed E-state index contributed by atoms with van der Waals surface area (Å²) in [4.78, 5) is 13.3. The molecule has 12 heteroatoms. The number of benzene rings is 1. The summed E-state index contributed by atoms with van der Waals surface area (Å²) in [5.41, 5.74) is 1.06. The van der Waals surface area contributed by atoms with Gasteiger partial charge in [-0.1, -0.05) is 17.7 Å². The molecule has 0 bridgehead atoms. The highest BCUT2D eigenvalue weighted by Crippen LogP contribution is 2.47. The van der Waals surface area contributed by atoms with Crippen LogP contribution in [0.25, 0.3) is 0 Å². The van der Waals surface area contributed by atoms with E-state index in [1.807, 2.05) is 43.0 Å². The first kappa shape index (κ1) is 24.3. The van der Waals surface area contributed by atoms with Crippen molar-refractivity contribution in [3.63, 3.8) is 0 Å². The molecule has 2 aliphatic heterocycles. The summed E-state index contributed by atoms with van der Waals surface area (Å²) in [6, 6.07) is 10.8. The Morgan fingerprint density at radius 3 is 2.41 bits per heavy atom. The van der Waals surface area contributed by atoms with Gasteiger partial charge in [0.05, 0.1) is 11.1 Å². The van der Waals surface area contributed by atoms with Crippen molar-refractivity contribution < 1.29 is 36.2 Å². The average molecular weight is 491 g/mol. The Balaban J connectivity index is 0.000000360. The number of ether oxygens (including phenoxy) is 1. The first-order valence-corrected chi connectivity index (χ1v) is 11.9. The Bertz CT molecular complexity index is 1040. The van der Waals surface area contributed by atoms with Gasteiger partial charge in [0.2, 0.25) is 10.0 Å². The van der Waals surface area contributed by atoms with Crippen molar-refractivity contribution in [2.75, 3.05) is 18.8 Å². The molecule has 2 saturated heterocycles. The van der Waals surface area contributed by atoms with Gasteiger partial charge in [0.15, 0.2) is 0 Å². The van der Waals surface area contributed by atoms with E-state index in [0.29, 0.717) is 18.0 Å². The van der Waals surface area contributed by atoms with Crippen LogP contribution in [-0.2, 0) is 14.8 Å². The molecule has 32 heavy (non-hydrogen) atoms. The number of carboxylic acid groups (broad SMARTS) is 1. The summed E-state index contributed by atoms with van der Waals surface area (Å²) >= 11 is 1.82. The highest BCUT2D eigenvalue weighted by molar-refractivity contribution is 8.01. The van der Waals surface area contributed by atoms with Crippen LogP contribution in [0.5, 0.6) is 5.75 Å². The number of pyridine rings is 1. The van der Waals surface area contributed by atoms with E-state index in [-0.39, 0.29) is 10.9 Å². The molecule has 0 radical (unpaired) electrons. The van der Waals surface area contributed by atoms with Gasteiger partial charge in [-0.15, -0.1) is 11.8 Å². The fourth-order valence-corrected chi connectivity index (χ4v) is 6.63. The van der Waals surface area contributed by atoms with E-state index in [9.17, 15) is 21.6 Å². The Morgan fingerprint density at radius 1 is 1.25 bits per heavy atom. The van der Waals surface area contributed by atoms with Gasteiger partial charge in [-0.3, -0.25) is 4.98 Å². The molecule has 1 spiro atoms. The molecule has 0 aliphatic carbocycles. The van der Waals surface area contributed by atoms with E-state index in [1.54, 1.807) is 28.8 Å². The van der Waals surface area contributed by atoms with Gasteiger partial charge in [-0.05, 0) is 31.2 Å². The third-order valence-corrected chi connectivity index (χ3v) is 8.32. The summed E-state index contributed by atoms with van der Waals surface area (Å²) in [7, 11) is -3.39. The van der Waals surface area contributed by atoms with E-state index in [4.69, 9.17) is 14.6 Å². The van der Waals surface area contributed by atoms with Crippen molar-refractivity contribution in [1.82, 2.24) is 9.29 Å². The molecule has 1 aromatic heterocycles. The van der Waals surface area contributed by atoms with Gasteiger partial charge in [-0.2, -0.15) is 17.5 Å². The van der Waals surface area contributed by atoms with Crippen LogP contribution in [0.1, 0.15) is 12.0 Å². The number of aryl methyl sites for hydroxylation is 1. The molecule has 1 aromatic carbocycles. The molecule has 1 atom stereocenters. The number of carboxylic acids is 1. The predicted octanol–water partition coefficient (Wildman–Crippen LogP) is 3.35. The third-order valence-electron chi connectivity index (χ3n) is 4.94. The smallest absolute Gasteiger partial charge is 0.488 e. The number of rotatable bonds is 4. The second kappa shape index (κ2) is 9.28. The highest BCUT2D eigenvalue weighted by atomic mass is 32.2. The standard InChI is InChI=1S/C18H20N2O3S2.C2HF3O2/c1-14-4-6-17(7-5-14)25(21,22)20-12-18(13-20)9-16(11-24-18)23-15-3-2-8-19-10-15;3-2(4,5)1(6)7/h2-8,10,16H,9,11-13H2,1H3;(H,6,7). The van der Waals surface area contributed by atoms with Crippen molar-refractivity contribution in [2.24, 2.45) is 0 Å². The largest absolute Gasteiger partial charge is 0.490 e. The maximum Gasteiger partial charge on any atom is 0.490 e. The minimum absolute atomic E-state index is 0.00928. The van der Waals surface area contributed by atoms with Gasteiger partial charge in [0.1, 0.15) is 11.9 Å². The topological polar surface area (TPSA) is 96.8 Å². The monoisotopic (exact) mass is 490 g/mol. The molecule has 4 rings (SSSR count). The quantitative estimate of drug-likeness (QED) is 0.702. The highest BCUT2D eigenvalue weighted by Gasteiger charge is 2.53. The van der Waals surface area contributed by atoms with Gasteiger partial charge < -0.3 is 9.84 Å². The van der Waals surface area contributed by atoms with Crippen molar-refractivity contribution in [1.29, 1.82) is 0 Å². The summed E-state index contributed by atoms with van der Waals surface area (Å²) in [5, 5.41) is 7.12. The van der Waals surface area contributed by atoms with Crippen LogP contribution >= 0.6 is 11.8 Å². The number of nitrogens with zero attached hydrogens (tertiary/aromatic N) is 2. The molecule has 2 fully saturated rings. The number of hydrogen-bond acceptors (Lipinski definition) is 6. The first-order valence-electron chi connectivity index (χ1n) is 9.49. The zero-order valence-electron chi connectivity index (χ0n) is 16.9. The maximum absolute atomic E-state index is 12.7. The normalized spacial score (nSPS) is 20.2. The van der Waals surface area contributed by atoms with Crippen LogP contribution in [0.4, 0.5) is 13.2 Å². The first-order chi connectivity index (χ1) is 14.9. The lowest BCUT2D eigenvalue weighted by atomic mass is 9.95. The summed E-state index contributed by atoms with van der Waals surface area (Å²) in [5.74, 6) is -1.10. The molecule has 3 heterocycles. The van der Waals surface area contributed by atoms with Crippen LogP contribution in [0.15, 0.2) is 53.7 Å². The molecule has 0 amide bonds. The lowest BCUT2D eigenvalue weighted by Gasteiger charge is -2.46. The maximum atomic E-state index is 12.7. The van der Waals surface area contributed by atoms with Gasteiger partial charge in [0.25, 0.3) is 0 Å². The van der Waals surface area contributed by atoms with E-state index in [1.165, 1.54) is 0 Å². The van der Waals surface area contributed by atoms with Crippen molar-refractivity contribution >= 4 is 27.8 Å². The molecule has 1 N–H and O–H groups in total.